The van der Waals surface area contributed by atoms with Gasteiger partial charge in [-0.3, -0.25) is 4.79 Å². The third kappa shape index (κ3) is 4.29. The Morgan fingerprint density at radius 3 is 3.08 bits per heavy atom. The first kappa shape index (κ1) is 17.3. The number of hydrogen-bond donors (Lipinski definition) is 0. The van der Waals surface area contributed by atoms with Crippen LogP contribution in [0.2, 0.25) is 0 Å². The molecular formula is C18H24N4O3. The topological polar surface area (TPSA) is 71.7 Å². The van der Waals surface area contributed by atoms with Crippen LogP contribution in [0.15, 0.2) is 35.0 Å². The number of piperidine rings is 1. The van der Waals surface area contributed by atoms with E-state index >= 15 is 0 Å². The van der Waals surface area contributed by atoms with Crippen molar-refractivity contribution >= 4 is 11.7 Å². The molecule has 0 spiro atoms. The van der Waals surface area contributed by atoms with Crippen LogP contribution in [-0.2, 0) is 11.2 Å². The summed E-state index contributed by atoms with van der Waals surface area (Å²) < 4.78 is 10.1. The molecule has 3 heterocycles. The molecule has 0 aromatic carbocycles. The summed E-state index contributed by atoms with van der Waals surface area (Å²) in [5.41, 5.74) is 0. The Labute approximate surface area is 147 Å². The summed E-state index contributed by atoms with van der Waals surface area (Å²) in [4.78, 5) is 21.1. The van der Waals surface area contributed by atoms with E-state index in [1.807, 2.05) is 30.1 Å². The molecule has 134 valence electrons. The third-order valence-electron chi connectivity index (χ3n) is 4.64. The van der Waals surface area contributed by atoms with Crippen LogP contribution in [0.25, 0.3) is 0 Å². The summed E-state index contributed by atoms with van der Waals surface area (Å²) >= 11 is 0. The highest BCUT2D eigenvalue weighted by atomic mass is 16.5. The van der Waals surface area contributed by atoms with Gasteiger partial charge >= 0.3 is 0 Å². The van der Waals surface area contributed by atoms with E-state index in [0.29, 0.717) is 24.5 Å². The molecule has 0 N–H and O–H groups in total. The Bertz CT molecular complexity index is 689. The van der Waals surface area contributed by atoms with Gasteiger partial charge < -0.3 is 19.1 Å². The van der Waals surface area contributed by atoms with Crippen LogP contribution in [0.1, 0.15) is 25.0 Å². The molecule has 0 aliphatic carbocycles. The van der Waals surface area contributed by atoms with Gasteiger partial charge in [-0.1, -0.05) is 6.07 Å². The number of aromatic nitrogens is 2. The van der Waals surface area contributed by atoms with E-state index in [1.165, 1.54) is 7.11 Å². The van der Waals surface area contributed by atoms with Crippen molar-refractivity contribution in [3.05, 3.63) is 36.2 Å². The average Bonchev–Trinajstić information content (AvgIpc) is 3.14. The second-order valence-electron chi connectivity index (χ2n) is 6.27. The number of anilines is 1. The Morgan fingerprint density at radius 1 is 1.48 bits per heavy atom. The number of methoxy groups -OCH3 is 1. The lowest BCUT2D eigenvalue weighted by Gasteiger charge is -2.38. The number of aryl methyl sites for hydroxylation is 1. The lowest BCUT2D eigenvalue weighted by molar-refractivity contribution is -0.132. The molecule has 25 heavy (non-hydrogen) atoms. The van der Waals surface area contributed by atoms with Gasteiger partial charge in [0.2, 0.25) is 5.91 Å². The van der Waals surface area contributed by atoms with Crippen molar-refractivity contribution in [2.24, 2.45) is 0 Å². The molecule has 3 rings (SSSR count). The van der Waals surface area contributed by atoms with Crippen molar-refractivity contribution < 1.29 is 14.1 Å². The zero-order valence-electron chi connectivity index (χ0n) is 14.7. The number of ether oxygens (including phenoxy) is 1. The van der Waals surface area contributed by atoms with Crippen LogP contribution in [0, 0.1) is 0 Å². The van der Waals surface area contributed by atoms with Crippen LogP contribution >= 0.6 is 0 Å². The molecule has 7 heteroatoms. The summed E-state index contributed by atoms with van der Waals surface area (Å²) in [6.45, 7) is 1.79. The van der Waals surface area contributed by atoms with Crippen LogP contribution < -0.4 is 9.64 Å². The number of nitrogens with zero attached hydrogens (tertiary/aromatic N) is 4. The minimum Gasteiger partial charge on any atom is -0.479 e. The maximum atomic E-state index is 12.5. The van der Waals surface area contributed by atoms with E-state index in [4.69, 9.17) is 9.26 Å². The van der Waals surface area contributed by atoms with Crippen molar-refractivity contribution in [1.82, 2.24) is 15.0 Å². The summed E-state index contributed by atoms with van der Waals surface area (Å²) in [7, 11) is 3.42. The van der Waals surface area contributed by atoms with Gasteiger partial charge in [-0.2, -0.15) is 0 Å². The van der Waals surface area contributed by atoms with Crippen LogP contribution in [0.3, 0.4) is 0 Å². The number of rotatable bonds is 6. The molecule has 7 nitrogen and oxygen atoms in total. The number of pyridine rings is 1. The van der Waals surface area contributed by atoms with Crippen molar-refractivity contribution in [1.29, 1.82) is 0 Å². The summed E-state index contributed by atoms with van der Waals surface area (Å²) in [6.07, 6.45) is 4.80. The molecule has 0 radical (unpaired) electrons. The number of carbonyl (C=O) groups is 1. The van der Waals surface area contributed by atoms with Gasteiger partial charge in [0.05, 0.1) is 7.11 Å². The summed E-state index contributed by atoms with van der Waals surface area (Å²) in [5, 5.41) is 3.76. The molecule has 1 aliphatic heterocycles. The zero-order chi connectivity index (χ0) is 17.6. The number of likely N-dealkylation sites (N-methyl/N-ethyl adjacent to an activating group) is 1. The standard InChI is InChI=1S/C18H24N4O3/c1-21(18(23)9-8-15-12-17(24-2)20-25-15)14-6-5-11-22(13-14)16-7-3-4-10-19-16/h3-4,7,10,12,14H,5-6,8-9,11,13H2,1-2H3. The van der Waals surface area contributed by atoms with Crippen LogP contribution in [0.5, 0.6) is 5.88 Å². The Hall–Kier alpha value is -2.57. The maximum Gasteiger partial charge on any atom is 0.254 e. The Morgan fingerprint density at radius 2 is 2.36 bits per heavy atom. The predicted octanol–water partition coefficient (Wildman–Crippen LogP) is 2.14. The molecule has 1 fully saturated rings. The fourth-order valence-electron chi connectivity index (χ4n) is 3.14. The van der Waals surface area contributed by atoms with Gasteiger partial charge in [0.25, 0.3) is 5.88 Å². The van der Waals surface area contributed by atoms with E-state index in [2.05, 4.69) is 15.0 Å². The number of amides is 1. The second-order valence-corrected chi connectivity index (χ2v) is 6.27. The lowest BCUT2D eigenvalue weighted by Crippen LogP contribution is -2.48. The number of carbonyl (C=O) groups excluding carboxylic acids is 1. The lowest BCUT2D eigenvalue weighted by atomic mass is 10.0. The zero-order valence-corrected chi connectivity index (χ0v) is 14.7. The minimum absolute atomic E-state index is 0.114. The fourth-order valence-corrected chi connectivity index (χ4v) is 3.14. The highest BCUT2D eigenvalue weighted by Crippen LogP contribution is 2.21. The largest absolute Gasteiger partial charge is 0.479 e. The Kier molecular flexibility index (Phi) is 5.53. The monoisotopic (exact) mass is 344 g/mol. The smallest absolute Gasteiger partial charge is 0.254 e. The van der Waals surface area contributed by atoms with Crippen molar-refractivity contribution in [3.63, 3.8) is 0 Å². The molecule has 2 aromatic heterocycles. The molecule has 0 saturated carbocycles. The minimum atomic E-state index is 0.114. The predicted molar refractivity (Wildman–Crippen MR) is 93.6 cm³/mol. The summed E-state index contributed by atoms with van der Waals surface area (Å²) in [5.74, 6) is 2.19. The van der Waals surface area contributed by atoms with E-state index in [9.17, 15) is 4.79 Å². The van der Waals surface area contributed by atoms with E-state index in [-0.39, 0.29) is 11.9 Å². The first-order chi connectivity index (χ1) is 12.2. The van der Waals surface area contributed by atoms with Gasteiger partial charge in [0.15, 0.2) is 0 Å². The molecule has 1 amide bonds. The third-order valence-corrected chi connectivity index (χ3v) is 4.64. The van der Waals surface area contributed by atoms with Crippen molar-refractivity contribution in [2.45, 2.75) is 31.7 Å². The van der Waals surface area contributed by atoms with Crippen LogP contribution in [-0.4, -0.2) is 54.2 Å². The van der Waals surface area contributed by atoms with E-state index < -0.39 is 0 Å². The first-order valence-corrected chi connectivity index (χ1v) is 8.58. The van der Waals surface area contributed by atoms with Gasteiger partial charge in [0.1, 0.15) is 11.6 Å². The first-order valence-electron chi connectivity index (χ1n) is 8.58. The van der Waals surface area contributed by atoms with Crippen molar-refractivity contribution in [3.8, 4) is 5.88 Å². The Balaban J connectivity index is 1.54. The van der Waals surface area contributed by atoms with Gasteiger partial charge in [-0.15, -0.1) is 0 Å². The van der Waals surface area contributed by atoms with Crippen LogP contribution in [0.4, 0.5) is 5.82 Å². The van der Waals surface area contributed by atoms with E-state index in [0.717, 1.165) is 31.7 Å². The molecular weight excluding hydrogens is 320 g/mol. The van der Waals surface area contributed by atoms with Gasteiger partial charge in [0, 0.05) is 51.3 Å². The molecule has 1 aliphatic rings. The SMILES string of the molecule is COc1cc(CCC(=O)N(C)C2CCCN(c3ccccn3)C2)on1. The molecule has 1 saturated heterocycles. The normalized spacial score (nSPS) is 17.4. The highest BCUT2D eigenvalue weighted by molar-refractivity contribution is 5.76. The maximum absolute atomic E-state index is 12.5. The fraction of sp³-hybridized carbons (Fsp3) is 0.500. The second kappa shape index (κ2) is 8.00. The summed E-state index contributed by atoms with van der Waals surface area (Å²) in [6, 6.07) is 7.84. The molecule has 2 aromatic rings. The molecule has 1 atom stereocenters. The average molecular weight is 344 g/mol. The quantitative estimate of drug-likeness (QED) is 0.799. The van der Waals surface area contributed by atoms with Gasteiger partial charge in [-0.05, 0) is 30.1 Å². The number of hydrogen-bond acceptors (Lipinski definition) is 6. The van der Waals surface area contributed by atoms with Gasteiger partial charge in [-0.25, -0.2) is 4.98 Å². The highest BCUT2D eigenvalue weighted by Gasteiger charge is 2.26. The van der Waals surface area contributed by atoms with Crippen molar-refractivity contribution in [2.75, 3.05) is 32.1 Å². The molecule has 0 bridgehead atoms. The molecule has 1 unspecified atom stereocenters. The van der Waals surface area contributed by atoms with E-state index in [1.54, 1.807) is 12.3 Å².